The summed E-state index contributed by atoms with van der Waals surface area (Å²) in [4.78, 5) is 13.2. The van der Waals surface area contributed by atoms with Crippen molar-refractivity contribution in [2.45, 2.75) is 31.7 Å². The zero-order chi connectivity index (χ0) is 18.4. The van der Waals surface area contributed by atoms with Gasteiger partial charge >= 0.3 is 0 Å². The van der Waals surface area contributed by atoms with Crippen LogP contribution in [0.4, 0.5) is 0 Å². The van der Waals surface area contributed by atoms with Crippen LogP contribution in [0.5, 0.6) is 0 Å². The smallest absolute Gasteiger partial charge is 0.181 e. The number of unbranched alkanes of at least 4 members (excludes halogenated alkanes) is 1. The Bertz CT molecular complexity index is 900. The third kappa shape index (κ3) is 4.29. The van der Waals surface area contributed by atoms with E-state index in [0.717, 1.165) is 37.8 Å². The zero-order valence-electron chi connectivity index (χ0n) is 14.6. The fourth-order valence-corrected chi connectivity index (χ4v) is 5.14. The largest absolute Gasteiger partial charge is 0.443 e. The topological polar surface area (TPSA) is 75.6 Å². The third-order valence-electron chi connectivity index (χ3n) is 3.66. The first-order valence-electron chi connectivity index (χ1n) is 8.20. The number of aromatic nitrogens is 3. The summed E-state index contributed by atoms with van der Waals surface area (Å²) in [6.07, 6.45) is 5.55. The van der Waals surface area contributed by atoms with Gasteiger partial charge in [0.15, 0.2) is 12.2 Å². The Kier molecular flexibility index (Phi) is 6.72. The summed E-state index contributed by atoms with van der Waals surface area (Å²) in [5.41, 5.74) is 2.77. The van der Waals surface area contributed by atoms with Gasteiger partial charge in [0.1, 0.15) is 21.8 Å². The van der Waals surface area contributed by atoms with Gasteiger partial charge in [0.2, 0.25) is 0 Å². The average molecular weight is 403 g/mol. The van der Waals surface area contributed by atoms with E-state index in [1.54, 1.807) is 18.0 Å². The lowest BCUT2D eigenvalue weighted by molar-refractivity contribution is 0.571. The number of rotatable bonds is 8. The first-order valence-corrected chi connectivity index (χ1v) is 11.2. The monoisotopic (exact) mass is 402 g/mol. The zero-order valence-corrected chi connectivity index (χ0v) is 17.0. The summed E-state index contributed by atoms with van der Waals surface area (Å²) in [7, 11) is 0. The van der Waals surface area contributed by atoms with Gasteiger partial charge in [-0.3, -0.25) is 0 Å². The predicted octanol–water partition coefficient (Wildman–Crippen LogP) is 5.62. The maximum absolute atomic E-state index is 9.77. The second kappa shape index (κ2) is 9.21. The number of nitriles is 1. The Morgan fingerprint density at radius 3 is 2.88 bits per heavy atom. The summed E-state index contributed by atoms with van der Waals surface area (Å²) in [5.74, 6) is 1.73. The first-order chi connectivity index (χ1) is 12.7. The highest BCUT2D eigenvalue weighted by Gasteiger charge is 2.20. The standard InChI is InChI=1S/C18H18N4OS3/c1-3-4-6-24-11-26-17-14(9-19)13(16-12(2)21-10-23-16)8-15(22-17)18-20-5-7-25-18/h5,7-8,10H,3-4,6,11H2,1-2H3. The number of hydrogen-bond donors (Lipinski definition) is 0. The van der Waals surface area contributed by atoms with E-state index in [-0.39, 0.29) is 0 Å². The third-order valence-corrected chi connectivity index (χ3v) is 6.74. The van der Waals surface area contributed by atoms with Crippen LogP contribution in [0.2, 0.25) is 0 Å². The van der Waals surface area contributed by atoms with Crippen LogP contribution in [0.25, 0.3) is 22.0 Å². The molecule has 0 amide bonds. The molecule has 3 rings (SSSR count). The first kappa shape index (κ1) is 19.0. The van der Waals surface area contributed by atoms with E-state index in [4.69, 9.17) is 9.40 Å². The fraction of sp³-hybridized carbons (Fsp3) is 0.333. The van der Waals surface area contributed by atoms with Crippen molar-refractivity contribution in [3.05, 3.63) is 35.3 Å². The van der Waals surface area contributed by atoms with Crippen molar-refractivity contribution in [1.29, 1.82) is 5.26 Å². The van der Waals surface area contributed by atoms with Crippen LogP contribution in [0.3, 0.4) is 0 Å². The number of thiazole rings is 1. The van der Waals surface area contributed by atoms with Gasteiger partial charge in [-0.2, -0.15) is 17.0 Å². The molecule has 0 aliphatic rings. The second-order valence-electron chi connectivity index (χ2n) is 5.48. The van der Waals surface area contributed by atoms with Gasteiger partial charge in [-0.1, -0.05) is 25.1 Å². The SMILES string of the molecule is CCCCSCSc1nc(-c2nccs2)cc(-c2ocnc2C)c1C#N. The van der Waals surface area contributed by atoms with E-state index >= 15 is 0 Å². The minimum absolute atomic E-state index is 0.534. The lowest BCUT2D eigenvalue weighted by atomic mass is 10.1. The lowest BCUT2D eigenvalue weighted by Gasteiger charge is -2.10. The molecule has 5 nitrogen and oxygen atoms in total. The molecule has 0 aliphatic heterocycles. The van der Waals surface area contributed by atoms with Gasteiger partial charge in [-0.15, -0.1) is 11.3 Å². The number of nitrogens with zero attached hydrogens (tertiary/aromatic N) is 4. The van der Waals surface area contributed by atoms with Crippen molar-refractivity contribution >= 4 is 34.9 Å². The molecule has 0 bridgehead atoms. The molecule has 0 N–H and O–H groups in total. The summed E-state index contributed by atoms with van der Waals surface area (Å²) < 4.78 is 5.56. The van der Waals surface area contributed by atoms with E-state index in [2.05, 4.69) is 23.0 Å². The van der Waals surface area contributed by atoms with Gasteiger partial charge in [0, 0.05) is 22.2 Å². The van der Waals surface area contributed by atoms with Crippen LogP contribution in [-0.2, 0) is 0 Å². The van der Waals surface area contributed by atoms with Crippen LogP contribution in [-0.4, -0.2) is 25.8 Å². The molecule has 0 unspecified atom stereocenters. The minimum Gasteiger partial charge on any atom is -0.443 e. The number of aryl methyl sites for hydroxylation is 1. The Hall–Kier alpha value is -1.82. The summed E-state index contributed by atoms with van der Waals surface area (Å²) in [6, 6.07) is 4.18. The maximum Gasteiger partial charge on any atom is 0.181 e. The fourth-order valence-electron chi connectivity index (χ4n) is 2.34. The molecule has 0 saturated heterocycles. The highest BCUT2D eigenvalue weighted by Crippen LogP contribution is 2.36. The van der Waals surface area contributed by atoms with Gasteiger partial charge in [-0.05, 0) is 25.2 Å². The highest BCUT2D eigenvalue weighted by molar-refractivity contribution is 8.15. The Balaban J connectivity index is 2.00. The van der Waals surface area contributed by atoms with Crippen LogP contribution < -0.4 is 0 Å². The van der Waals surface area contributed by atoms with E-state index < -0.39 is 0 Å². The normalized spacial score (nSPS) is 10.8. The summed E-state index contributed by atoms with van der Waals surface area (Å²) >= 11 is 4.99. The second-order valence-corrected chi connectivity index (χ2v) is 8.80. The molecule has 8 heteroatoms. The van der Waals surface area contributed by atoms with E-state index in [1.165, 1.54) is 30.6 Å². The van der Waals surface area contributed by atoms with Crippen LogP contribution in [0, 0.1) is 18.3 Å². The number of hydrogen-bond acceptors (Lipinski definition) is 8. The van der Waals surface area contributed by atoms with Crippen molar-refractivity contribution in [3.8, 4) is 28.1 Å². The van der Waals surface area contributed by atoms with Crippen molar-refractivity contribution in [2.75, 3.05) is 10.8 Å². The van der Waals surface area contributed by atoms with Crippen molar-refractivity contribution in [1.82, 2.24) is 15.0 Å². The minimum atomic E-state index is 0.534. The molecule has 3 aromatic heterocycles. The molecule has 0 aromatic carbocycles. The molecule has 3 aromatic rings. The van der Waals surface area contributed by atoms with Gasteiger partial charge in [0.25, 0.3) is 0 Å². The van der Waals surface area contributed by atoms with E-state index in [9.17, 15) is 5.26 Å². The Morgan fingerprint density at radius 1 is 1.35 bits per heavy atom. The van der Waals surface area contributed by atoms with Gasteiger partial charge in [-0.25, -0.2) is 15.0 Å². The molecule has 0 radical (unpaired) electrons. The Labute approximate surface area is 165 Å². The summed E-state index contributed by atoms with van der Waals surface area (Å²) in [6.45, 7) is 4.06. The summed E-state index contributed by atoms with van der Waals surface area (Å²) in [5, 5.41) is 14.1. The Morgan fingerprint density at radius 2 is 2.23 bits per heavy atom. The predicted molar refractivity (Wildman–Crippen MR) is 108 cm³/mol. The molecule has 0 atom stereocenters. The molecule has 0 saturated carbocycles. The van der Waals surface area contributed by atoms with Crippen molar-refractivity contribution < 1.29 is 4.42 Å². The molecule has 26 heavy (non-hydrogen) atoms. The highest BCUT2D eigenvalue weighted by atomic mass is 32.2. The van der Waals surface area contributed by atoms with Gasteiger partial charge in [0.05, 0.1) is 11.3 Å². The maximum atomic E-state index is 9.77. The molecular weight excluding hydrogens is 384 g/mol. The quantitative estimate of drug-likeness (QED) is 0.275. The van der Waals surface area contributed by atoms with E-state index in [0.29, 0.717) is 11.3 Å². The molecule has 3 heterocycles. The van der Waals surface area contributed by atoms with Crippen LogP contribution in [0.1, 0.15) is 31.0 Å². The molecule has 0 aliphatic carbocycles. The molecule has 134 valence electrons. The van der Waals surface area contributed by atoms with E-state index in [1.807, 2.05) is 30.1 Å². The number of thioether (sulfide) groups is 2. The number of pyridine rings is 1. The average Bonchev–Trinajstić information content (AvgIpc) is 3.32. The molecule has 0 spiro atoms. The van der Waals surface area contributed by atoms with Crippen LogP contribution in [0.15, 0.2) is 33.5 Å². The van der Waals surface area contributed by atoms with Crippen molar-refractivity contribution in [3.63, 3.8) is 0 Å². The van der Waals surface area contributed by atoms with Crippen LogP contribution >= 0.6 is 34.9 Å². The van der Waals surface area contributed by atoms with Gasteiger partial charge < -0.3 is 4.42 Å². The lowest BCUT2D eigenvalue weighted by Crippen LogP contribution is -1.96. The molecule has 0 fully saturated rings. The van der Waals surface area contributed by atoms with Crippen molar-refractivity contribution in [2.24, 2.45) is 0 Å². The molecular formula is C18H18N4OS3. The number of oxazole rings is 1.